The Balaban J connectivity index is 1.57. The average molecular weight is 534 g/mol. The van der Waals surface area contributed by atoms with E-state index in [1.165, 1.54) is 11.0 Å². The van der Waals surface area contributed by atoms with Crippen LogP contribution in [0.3, 0.4) is 0 Å². The number of benzene rings is 2. The summed E-state index contributed by atoms with van der Waals surface area (Å²) < 4.78 is 53.0. The quantitative estimate of drug-likeness (QED) is 0.452. The number of alkyl halides is 3. The lowest BCUT2D eigenvalue weighted by molar-refractivity contribution is -0.296. The molecule has 2 aromatic carbocycles. The SMILES string of the molecule is C[C@H]([C@@H](O)c1ccccc1)N(C)C(=O)[C@H](C[C@H]1CCC2(C1)OCC(C)(C)CO2)c1cccc(C(F)(F)F)c1. The van der Waals surface area contributed by atoms with E-state index in [0.29, 0.717) is 43.6 Å². The molecule has 2 aromatic rings. The lowest BCUT2D eigenvalue weighted by Gasteiger charge is -2.41. The number of rotatable bonds is 7. The molecule has 1 heterocycles. The molecule has 1 amide bonds. The molecule has 1 spiro atoms. The van der Waals surface area contributed by atoms with Crippen molar-refractivity contribution in [3.8, 4) is 0 Å². The van der Waals surface area contributed by atoms with E-state index in [1.807, 2.05) is 18.2 Å². The summed E-state index contributed by atoms with van der Waals surface area (Å²) in [6.45, 7) is 7.06. The first-order valence-electron chi connectivity index (χ1n) is 13.2. The first-order chi connectivity index (χ1) is 17.8. The number of halogens is 3. The smallest absolute Gasteiger partial charge is 0.386 e. The summed E-state index contributed by atoms with van der Waals surface area (Å²) >= 11 is 0. The van der Waals surface area contributed by atoms with Gasteiger partial charge in [-0.1, -0.05) is 62.4 Å². The lowest BCUT2D eigenvalue weighted by Crippen LogP contribution is -2.46. The maximum absolute atomic E-state index is 13.9. The van der Waals surface area contributed by atoms with E-state index >= 15 is 0 Å². The molecule has 0 aromatic heterocycles. The molecule has 5 nitrogen and oxygen atoms in total. The lowest BCUT2D eigenvalue weighted by atomic mass is 9.85. The topological polar surface area (TPSA) is 59.0 Å². The largest absolute Gasteiger partial charge is 0.416 e. The van der Waals surface area contributed by atoms with Crippen LogP contribution in [-0.4, -0.2) is 48.0 Å². The van der Waals surface area contributed by atoms with E-state index in [2.05, 4.69) is 13.8 Å². The first kappa shape index (κ1) is 28.6. The fraction of sp³-hybridized carbons (Fsp3) is 0.567. The van der Waals surface area contributed by atoms with E-state index in [0.717, 1.165) is 18.6 Å². The predicted molar refractivity (Wildman–Crippen MR) is 138 cm³/mol. The van der Waals surface area contributed by atoms with E-state index < -0.39 is 35.6 Å². The maximum Gasteiger partial charge on any atom is 0.416 e. The van der Waals surface area contributed by atoms with Crippen molar-refractivity contribution in [3.05, 3.63) is 71.3 Å². The Hall–Kier alpha value is -2.42. The van der Waals surface area contributed by atoms with E-state index in [1.54, 1.807) is 32.2 Å². The van der Waals surface area contributed by atoms with E-state index in [9.17, 15) is 23.1 Å². The zero-order valence-corrected chi connectivity index (χ0v) is 22.5. The maximum atomic E-state index is 13.9. The average Bonchev–Trinajstić information content (AvgIpc) is 3.30. The predicted octanol–water partition coefficient (Wildman–Crippen LogP) is 6.33. The van der Waals surface area contributed by atoms with Crippen LogP contribution in [0.5, 0.6) is 0 Å². The second-order valence-electron chi connectivity index (χ2n) is 11.7. The Bertz CT molecular complexity index is 1090. The third kappa shape index (κ3) is 6.41. The third-order valence-corrected chi connectivity index (χ3v) is 8.03. The molecule has 1 aliphatic heterocycles. The van der Waals surface area contributed by atoms with Gasteiger partial charge in [-0.25, -0.2) is 0 Å². The molecule has 1 saturated heterocycles. The first-order valence-corrected chi connectivity index (χ1v) is 13.2. The molecule has 38 heavy (non-hydrogen) atoms. The van der Waals surface area contributed by atoms with Gasteiger partial charge in [-0.3, -0.25) is 4.79 Å². The van der Waals surface area contributed by atoms with Crippen LogP contribution in [0.4, 0.5) is 13.2 Å². The summed E-state index contributed by atoms with van der Waals surface area (Å²) in [5.41, 5.74) is 0.142. The van der Waals surface area contributed by atoms with Gasteiger partial charge >= 0.3 is 6.18 Å². The van der Waals surface area contributed by atoms with Gasteiger partial charge in [-0.15, -0.1) is 0 Å². The second kappa shape index (κ2) is 11.0. The van der Waals surface area contributed by atoms with Gasteiger partial charge in [0.1, 0.15) is 0 Å². The molecule has 1 saturated carbocycles. The highest BCUT2D eigenvalue weighted by atomic mass is 19.4. The Kier molecular flexibility index (Phi) is 8.26. The molecular formula is C30H38F3NO4. The van der Waals surface area contributed by atoms with Gasteiger partial charge in [0.15, 0.2) is 5.79 Å². The van der Waals surface area contributed by atoms with Crippen LogP contribution >= 0.6 is 0 Å². The summed E-state index contributed by atoms with van der Waals surface area (Å²) in [6, 6.07) is 13.5. The minimum absolute atomic E-state index is 0.0439. The van der Waals surface area contributed by atoms with E-state index in [4.69, 9.17) is 9.47 Å². The van der Waals surface area contributed by atoms with Gasteiger partial charge in [0, 0.05) is 25.3 Å². The van der Waals surface area contributed by atoms with Crippen molar-refractivity contribution in [1.82, 2.24) is 4.90 Å². The van der Waals surface area contributed by atoms with Gasteiger partial charge in [0.25, 0.3) is 0 Å². The summed E-state index contributed by atoms with van der Waals surface area (Å²) in [5.74, 6) is -1.76. The Morgan fingerprint density at radius 3 is 2.34 bits per heavy atom. The second-order valence-corrected chi connectivity index (χ2v) is 11.7. The summed E-state index contributed by atoms with van der Waals surface area (Å²) in [5, 5.41) is 10.9. The number of carbonyl (C=O) groups excluding carboxylic acids is 1. The molecule has 2 aliphatic rings. The van der Waals surface area contributed by atoms with Gasteiger partial charge in [-0.2, -0.15) is 13.2 Å². The number of carbonyl (C=O) groups is 1. The monoisotopic (exact) mass is 533 g/mol. The molecule has 0 bridgehead atoms. The fourth-order valence-corrected chi connectivity index (χ4v) is 5.50. The Morgan fingerprint density at radius 2 is 1.71 bits per heavy atom. The number of nitrogens with zero attached hydrogens (tertiary/aromatic N) is 1. The van der Waals surface area contributed by atoms with Crippen LogP contribution in [0.15, 0.2) is 54.6 Å². The summed E-state index contributed by atoms with van der Waals surface area (Å²) in [7, 11) is 1.60. The molecule has 1 aliphatic carbocycles. The van der Waals surface area contributed by atoms with Gasteiger partial charge < -0.3 is 19.5 Å². The number of likely N-dealkylation sites (N-methyl/N-ethyl adjacent to an activating group) is 1. The Labute approximate surface area is 222 Å². The highest BCUT2D eigenvalue weighted by Crippen LogP contribution is 2.46. The van der Waals surface area contributed by atoms with Crippen LogP contribution in [0, 0.1) is 11.3 Å². The number of aliphatic hydroxyl groups is 1. The summed E-state index contributed by atoms with van der Waals surface area (Å²) in [4.78, 5) is 15.4. The zero-order valence-electron chi connectivity index (χ0n) is 22.5. The Morgan fingerprint density at radius 1 is 1.08 bits per heavy atom. The van der Waals surface area contributed by atoms with Gasteiger partial charge in [-0.05, 0) is 42.9 Å². The van der Waals surface area contributed by atoms with Crippen LogP contribution in [0.1, 0.15) is 75.2 Å². The van der Waals surface area contributed by atoms with Crippen molar-refractivity contribution in [2.24, 2.45) is 11.3 Å². The van der Waals surface area contributed by atoms with Crippen molar-refractivity contribution < 1.29 is 32.5 Å². The van der Waals surface area contributed by atoms with Crippen molar-refractivity contribution in [1.29, 1.82) is 0 Å². The summed E-state index contributed by atoms with van der Waals surface area (Å²) in [6.07, 6.45) is -3.03. The third-order valence-electron chi connectivity index (χ3n) is 8.03. The molecule has 208 valence electrons. The van der Waals surface area contributed by atoms with Crippen molar-refractivity contribution in [2.45, 2.75) is 76.5 Å². The minimum atomic E-state index is -4.51. The van der Waals surface area contributed by atoms with Crippen LogP contribution < -0.4 is 0 Å². The van der Waals surface area contributed by atoms with Gasteiger partial charge in [0.2, 0.25) is 5.91 Å². The number of amides is 1. The number of aliphatic hydroxyl groups excluding tert-OH is 1. The van der Waals surface area contributed by atoms with Crippen molar-refractivity contribution in [2.75, 3.05) is 20.3 Å². The molecule has 0 unspecified atom stereocenters. The molecule has 1 N–H and O–H groups in total. The standard InChI is InChI=1S/C30H38F3NO4/c1-20(26(35)22-9-6-5-7-10-22)34(4)27(36)25(23-11-8-12-24(16-23)30(31,32)33)15-21-13-14-29(17-21)37-18-28(2,3)19-38-29/h5-12,16,20-21,25-26,35H,13-15,17-19H2,1-4H3/t20-,21-,25-,26-/m1/s1. The van der Waals surface area contributed by atoms with Crippen molar-refractivity contribution >= 4 is 5.91 Å². The molecule has 0 radical (unpaired) electrons. The van der Waals surface area contributed by atoms with Crippen LogP contribution in [0.2, 0.25) is 0 Å². The number of hydrogen-bond acceptors (Lipinski definition) is 4. The van der Waals surface area contributed by atoms with Crippen LogP contribution in [0.25, 0.3) is 0 Å². The normalized spacial score (nSPS) is 23.1. The minimum Gasteiger partial charge on any atom is -0.386 e. The number of ether oxygens (including phenoxy) is 2. The molecule has 2 fully saturated rings. The molecule has 8 heteroatoms. The highest BCUT2D eigenvalue weighted by molar-refractivity contribution is 5.84. The fourth-order valence-electron chi connectivity index (χ4n) is 5.50. The molecular weight excluding hydrogens is 495 g/mol. The highest BCUT2D eigenvalue weighted by Gasteiger charge is 2.47. The van der Waals surface area contributed by atoms with E-state index in [-0.39, 0.29) is 17.2 Å². The molecule has 4 atom stereocenters. The van der Waals surface area contributed by atoms with Crippen molar-refractivity contribution in [3.63, 3.8) is 0 Å². The zero-order chi connectivity index (χ0) is 27.7. The van der Waals surface area contributed by atoms with Gasteiger partial charge in [0.05, 0.1) is 36.8 Å². The molecule has 4 rings (SSSR count). The van der Waals surface area contributed by atoms with Crippen LogP contribution in [-0.2, 0) is 20.4 Å². The number of hydrogen-bond donors (Lipinski definition) is 1.